The number of fused-ring (bicyclic) bond motifs is 12. The molecule has 10 rings (SSSR count). The van der Waals surface area contributed by atoms with E-state index in [2.05, 4.69) is 182 Å². The molecule has 0 spiro atoms. The predicted octanol–water partition coefficient (Wildman–Crippen LogP) is 13.6. The Bertz CT molecular complexity index is 2820. The smallest absolute Gasteiger partial charge is 0.00928 e. The molecule has 0 nitrogen and oxygen atoms in total. The van der Waals surface area contributed by atoms with Crippen molar-refractivity contribution < 1.29 is 0 Å². The molecule has 0 heteroatoms. The molecule has 10 aromatic carbocycles. The van der Waals surface area contributed by atoms with E-state index < -0.39 is 0 Å². The summed E-state index contributed by atoms with van der Waals surface area (Å²) in [5.74, 6) is 0. The third-order valence-electron chi connectivity index (χ3n) is 10.2. The second-order valence-corrected chi connectivity index (χ2v) is 12.9. The van der Waals surface area contributed by atoms with Crippen LogP contribution in [0.5, 0.6) is 0 Å². The Balaban J connectivity index is 1.13. The summed E-state index contributed by atoms with van der Waals surface area (Å²) in [6.45, 7) is 0. The second kappa shape index (κ2) is 10.7. The molecule has 0 aromatic heterocycles. The van der Waals surface area contributed by atoms with Crippen LogP contribution in [0.3, 0.4) is 0 Å². The van der Waals surface area contributed by atoms with Crippen molar-refractivity contribution in [3.63, 3.8) is 0 Å². The van der Waals surface area contributed by atoms with Crippen LogP contribution in [0.1, 0.15) is 0 Å². The maximum absolute atomic E-state index is 2.39. The van der Waals surface area contributed by atoms with E-state index in [1.54, 1.807) is 0 Å². The van der Waals surface area contributed by atoms with Crippen LogP contribution in [0.15, 0.2) is 182 Å². The van der Waals surface area contributed by atoms with Gasteiger partial charge in [0.1, 0.15) is 0 Å². The Hall–Kier alpha value is -6.24. The average molecular weight is 607 g/mol. The lowest BCUT2D eigenvalue weighted by molar-refractivity contribution is 1.62. The predicted molar refractivity (Wildman–Crippen MR) is 208 cm³/mol. The molecular formula is C48H30. The molecule has 0 atom stereocenters. The minimum absolute atomic E-state index is 1.22. The van der Waals surface area contributed by atoms with Crippen LogP contribution in [-0.4, -0.2) is 0 Å². The van der Waals surface area contributed by atoms with E-state index in [1.807, 2.05) is 0 Å². The molecule has 10 aromatic rings. The SMILES string of the molecule is c1ccc(-c2ccc3c4ccc(-c5cccc(-c6ccc7c8ccccc8c8ccccc8c7c6)c5)cc4c4ccccc4c3c2)cc1. The highest BCUT2D eigenvalue weighted by atomic mass is 14.2. The van der Waals surface area contributed by atoms with Crippen molar-refractivity contribution in [1.82, 2.24) is 0 Å². The van der Waals surface area contributed by atoms with Crippen LogP contribution in [0.2, 0.25) is 0 Å². The first-order valence-corrected chi connectivity index (χ1v) is 16.7. The fourth-order valence-corrected chi connectivity index (χ4v) is 7.91. The Morgan fingerprint density at radius 3 is 0.812 bits per heavy atom. The molecule has 0 fully saturated rings. The molecular weight excluding hydrogens is 577 g/mol. The topological polar surface area (TPSA) is 0 Å². The molecule has 0 saturated heterocycles. The van der Waals surface area contributed by atoms with Gasteiger partial charge in [-0.25, -0.2) is 0 Å². The summed E-state index contributed by atoms with van der Waals surface area (Å²) >= 11 is 0. The van der Waals surface area contributed by atoms with Gasteiger partial charge in [0.25, 0.3) is 0 Å². The first kappa shape index (κ1) is 26.9. The van der Waals surface area contributed by atoms with Crippen LogP contribution < -0.4 is 0 Å². The summed E-state index contributed by atoms with van der Waals surface area (Å²) < 4.78 is 0. The molecule has 0 N–H and O–H groups in total. The Morgan fingerprint density at radius 2 is 0.417 bits per heavy atom. The van der Waals surface area contributed by atoms with Crippen LogP contribution in [0.4, 0.5) is 0 Å². The fraction of sp³-hybridized carbons (Fsp3) is 0. The number of benzene rings is 10. The molecule has 0 aliphatic heterocycles. The summed E-state index contributed by atoms with van der Waals surface area (Å²) in [4.78, 5) is 0. The summed E-state index contributed by atoms with van der Waals surface area (Å²) in [7, 11) is 0. The summed E-state index contributed by atoms with van der Waals surface area (Å²) in [5.41, 5.74) is 7.40. The second-order valence-electron chi connectivity index (χ2n) is 12.9. The Kier molecular flexibility index (Phi) is 5.98. The van der Waals surface area contributed by atoms with Crippen molar-refractivity contribution in [2.45, 2.75) is 0 Å². The lowest BCUT2D eigenvalue weighted by atomic mass is 9.89. The van der Waals surface area contributed by atoms with E-state index in [0.29, 0.717) is 0 Å². The van der Waals surface area contributed by atoms with E-state index in [9.17, 15) is 0 Å². The van der Waals surface area contributed by atoms with Crippen molar-refractivity contribution in [2.75, 3.05) is 0 Å². The highest BCUT2D eigenvalue weighted by molar-refractivity contribution is 6.27. The van der Waals surface area contributed by atoms with Gasteiger partial charge in [-0.2, -0.15) is 0 Å². The van der Waals surface area contributed by atoms with Crippen LogP contribution in [0.25, 0.3) is 98.0 Å². The third kappa shape index (κ3) is 4.16. The summed E-state index contributed by atoms with van der Waals surface area (Å²) in [6.07, 6.45) is 0. The molecule has 0 radical (unpaired) electrons. The van der Waals surface area contributed by atoms with Gasteiger partial charge in [0.15, 0.2) is 0 Å². The fourth-order valence-electron chi connectivity index (χ4n) is 7.91. The van der Waals surface area contributed by atoms with Gasteiger partial charge in [0.05, 0.1) is 0 Å². The molecule has 0 unspecified atom stereocenters. The third-order valence-corrected chi connectivity index (χ3v) is 10.2. The monoisotopic (exact) mass is 606 g/mol. The first-order chi connectivity index (χ1) is 23.8. The number of hydrogen-bond donors (Lipinski definition) is 0. The minimum atomic E-state index is 1.22. The number of rotatable bonds is 3. The highest BCUT2D eigenvalue weighted by Gasteiger charge is 2.13. The van der Waals surface area contributed by atoms with Gasteiger partial charge in [0, 0.05) is 0 Å². The minimum Gasteiger partial charge on any atom is -0.0622 e. The van der Waals surface area contributed by atoms with Gasteiger partial charge in [-0.05, 0) is 122 Å². The zero-order chi connectivity index (χ0) is 31.6. The van der Waals surface area contributed by atoms with Crippen molar-refractivity contribution >= 4 is 64.6 Å². The van der Waals surface area contributed by atoms with Crippen LogP contribution >= 0.6 is 0 Å². The number of hydrogen-bond acceptors (Lipinski definition) is 0. The molecule has 222 valence electrons. The van der Waals surface area contributed by atoms with Gasteiger partial charge in [-0.3, -0.25) is 0 Å². The molecule has 0 saturated carbocycles. The van der Waals surface area contributed by atoms with E-state index in [0.717, 1.165) is 0 Å². The standard InChI is InChI=1S/C48H30/c1-2-11-31(12-3-1)34-21-24-44-45-26-23-36(30-48(45)42-20-9-8-19-41(42)46(44)28-34)33-14-10-13-32(27-33)35-22-25-43-39-17-5-4-15-37(39)38-16-6-7-18-40(38)47(43)29-35/h1-30H. The molecule has 0 aliphatic rings. The summed E-state index contributed by atoms with van der Waals surface area (Å²) in [6, 6.07) is 67.0. The Morgan fingerprint density at radius 1 is 0.146 bits per heavy atom. The lowest BCUT2D eigenvalue weighted by Crippen LogP contribution is -1.87. The maximum Gasteiger partial charge on any atom is -0.00928 e. The van der Waals surface area contributed by atoms with Crippen molar-refractivity contribution in [3.8, 4) is 33.4 Å². The van der Waals surface area contributed by atoms with E-state index >= 15 is 0 Å². The quantitative estimate of drug-likeness (QED) is 0.176. The highest BCUT2D eigenvalue weighted by Crippen LogP contribution is 2.40. The van der Waals surface area contributed by atoms with Crippen molar-refractivity contribution in [2.24, 2.45) is 0 Å². The van der Waals surface area contributed by atoms with E-state index in [1.165, 1.54) is 98.0 Å². The normalized spacial score (nSPS) is 11.8. The molecule has 0 aliphatic carbocycles. The van der Waals surface area contributed by atoms with Gasteiger partial charge in [-0.15, -0.1) is 0 Å². The lowest BCUT2D eigenvalue weighted by Gasteiger charge is -2.14. The molecule has 48 heavy (non-hydrogen) atoms. The largest absolute Gasteiger partial charge is 0.0622 e. The van der Waals surface area contributed by atoms with Gasteiger partial charge < -0.3 is 0 Å². The van der Waals surface area contributed by atoms with Crippen molar-refractivity contribution in [1.29, 1.82) is 0 Å². The van der Waals surface area contributed by atoms with Crippen LogP contribution in [-0.2, 0) is 0 Å². The zero-order valence-electron chi connectivity index (χ0n) is 26.3. The first-order valence-electron chi connectivity index (χ1n) is 16.7. The van der Waals surface area contributed by atoms with Gasteiger partial charge in [0.2, 0.25) is 0 Å². The summed E-state index contributed by atoms with van der Waals surface area (Å²) in [5, 5.41) is 15.6. The van der Waals surface area contributed by atoms with Gasteiger partial charge in [-0.1, -0.05) is 158 Å². The van der Waals surface area contributed by atoms with E-state index in [4.69, 9.17) is 0 Å². The Labute approximate surface area is 279 Å². The zero-order valence-corrected chi connectivity index (χ0v) is 26.3. The average Bonchev–Trinajstić information content (AvgIpc) is 3.18. The molecule has 0 bridgehead atoms. The maximum atomic E-state index is 2.39. The van der Waals surface area contributed by atoms with Crippen molar-refractivity contribution in [3.05, 3.63) is 182 Å². The van der Waals surface area contributed by atoms with Crippen LogP contribution in [0, 0.1) is 0 Å². The van der Waals surface area contributed by atoms with Gasteiger partial charge >= 0.3 is 0 Å². The molecule has 0 amide bonds. The van der Waals surface area contributed by atoms with E-state index in [-0.39, 0.29) is 0 Å². The molecule has 0 heterocycles.